The molecule has 2 saturated heterocycles. The fourth-order valence-corrected chi connectivity index (χ4v) is 7.56. The topological polar surface area (TPSA) is 172 Å². The van der Waals surface area contributed by atoms with E-state index in [1.807, 2.05) is 67.6 Å². The number of likely N-dealkylation sites (tertiary alicyclic amines) is 1. The van der Waals surface area contributed by atoms with Gasteiger partial charge in [-0.15, -0.1) is 0 Å². The van der Waals surface area contributed by atoms with Gasteiger partial charge in [0.05, 0.1) is 6.04 Å². The van der Waals surface area contributed by atoms with E-state index in [1.165, 1.54) is 0 Å². The Kier molecular flexibility index (Phi) is 12.0. The van der Waals surface area contributed by atoms with Crippen LogP contribution in [0.3, 0.4) is 0 Å². The molecule has 2 aromatic rings. The first-order chi connectivity index (χ1) is 22.7. The van der Waals surface area contributed by atoms with Crippen LogP contribution in [0.1, 0.15) is 56.6 Å². The fourth-order valence-electron chi connectivity index (χ4n) is 7.56. The van der Waals surface area contributed by atoms with Gasteiger partial charge in [0, 0.05) is 18.5 Å². The number of fused-ring (bicyclic) bond motifs is 2. The molecular formula is C36H51N7O4. The molecule has 5 rings (SSSR count). The predicted molar refractivity (Wildman–Crippen MR) is 181 cm³/mol. The number of carbonyl (C=O) groups excluding carboxylic acids is 4. The van der Waals surface area contributed by atoms with Crippen molar-refractivity contribution in [3.05, 3.63) is 71.8 Å². The van der Waals surface area contributed by atoms with Crippen LogP contribution in [0.2, 0.25) is 0 Å². The largest absolute Gasteiger partial charge is 0.351 e. The van der Waals surface area contributed by atoms with Crippen molar-refractivity contribution in [2.24, 2.45) is 23.3 Å². The maximum atomic E-state index is 14.0. The molecule has 0 aromatic heterocycles. The van der Waals surface area contributed by atoms with Crippen LogP contribution in [0.25, 0.3) is 0 Å². The molecule has 3 aliphatic rings. The average molecular weight is 646 g/mol. The van der Waals surface area contributed by atoms with Gasteiger partial charge in [-0.3, -0.25) is 19.2 Å². The highest BCUT2D eigenvalue weighted by atomic mass is 16.2. The SMILES string of the molecule is CC1CC(NC(=O)C(Cc2ccccc2)NC(=O)C(N)Cc2ccccc2)C(=O)N1C(CCCCN)C(=O)NC1C2CCC1CNC2. The van der Waals surface area contributed by atoms with E-state index in [0.29, 0.717) is 37.6 Å². The van der Waals surface area contributed by atoms with Crippen LogP contribution in [-0.4, -0.2) is 84.4 Å². The molecule has 1 saturated carbocycles. The molecule has 2 bridgehead atoms. The summed E-state index contributed by atoms with van der Waals surface area (Å²) in [5.41, 5.74) is 13.8. The number of hydrogen-bond donors (Lipinski definition) is 6. The molecule has 8 N–H and O–H groups in total. The van der Waals surface area contributed by atoms with E-state index in [9.17, 15) is 19.2 Å². The Morgan fingerprint density at radius 1 is 0.872 bits per heavy atom. The smallest absolute Gasteiger partial charge is 0.246 e. The summed E-state index contributed by atoms with van der Waals surface area (Å²) in [6.07, 6.45) is 5.08. The molecule has 0 radical (unpaired) electrons. The van der Waals surface area contributed by atoms with Gasteiger partial charge in [0.2, 0.25) is 23.6 Å². The Hall–Kier alpha value is -3.80. The summed E-state index contributed by atoms with van der Waals surface area (Å²) in [7, 11) is 0. The number of rotatable bonds is 15. The quantitative estimate of drug-likeness (QED) is 0.157. The minimum absolute atomic E-state index is 0.111. The van der Waals surface area contributed by atoms with Gasteiger partial charge in [-0.05, 0) is 94.5 Å². The van der Waals surface area contributed by atoms with Gasteiger partial charge in [0.15, 0.2) is 0 Å². The van der Waals surface area contributed by atoms with Crippen molar-refractivity contribution < 1.29 is 19.2 Å². The zero-order valence-electron chi connectivity index (χ0n) is 27.4. The van der Waals surface area contributed by atoms with Crippen LogP contribution >= 0.6 is 0 Å². The van der Waals surface area contributed by atoms with E-state index >= 15 is 0 Å². The van der Waals surface area contributed by atoms with Crippen molar-refractivity contribution in [2.75, 3.05) is 19.6 Å². The molecule has 7 unspecified atom stereocenters. The standard InChI is InChI=1S/C36H51N7O4/c1-23-18-30(36(47)43(23)31(14-8-9-17-37)35(46)42-32-26-15-16-27(32)22-39-21-26)41-34(45)29(20-25-12-6-3-7-13-25)40-33(44)28(38)19-24-10-4-2-5-11-24/h2-7,10-13,23,26-32,39H,8-9,14-22,37-38H2,1H3,(H,40,44)(H,41,45)(H,42,46). The van der Waals surface area contributed by atoms with Crippen molar-refractivity contribution >= 4 is 23.6 Å². The highest BCUT2D eigenvalue weighted by Gasteiger charge is 2.46. The molecule has 254 valence electrons. The zero-order valence-corrected chi connectivity index (χ0v) is 27.4. The predicted octanol–water partition coefficient (Wildman–Crippen LogP) is 1.00. The molecule has 11 heteroatoms. The summed E-state index contributed by atoms with van der Waals surface area (Å²) in [5.74, 6) is -0.507. The van der Waals surface area contributed by atoms with Crippen molar-refractivity contribution in [3.63, 3.8) is 0 Å². The Balaban J connectivity index is 1.27. The number of unbranched alkanes of at least 4 members (excludes halogenated alkanes) is 1. The lowest BCUT2D eigenvalue weighted by molar-refractivity contribution is -0.141. The van der Waals surface area contributed by atoms with Crippen LogP contribution in [0, 0.1) is 11.8 Å². The maximum Gasteiger partial charge on any atom is 0.246 e. The maximum absolute atomic E-state index is 14.0. The molecule has 2 aliphatic heterocycles. The van der Waals surface area contributed by atoms with Crippen LogP contribution in [0.5, 0.6) is 0 Å². The summed E-state index contributed by atoms with van der Waals surface area (Å²) in [5, 5.41) is 12.6. The van der Waals surface area contributed by atoms with Crippen molar-refractivity contribution in [2.45, 2.75) is 94.5 Å². The normalized spacial score (nSPS) is 25.6. The summed E-state index contributed by atoms with van der Waals surface area (Å²) >= 11 is 0. The Morgan fingerprint density at radius 2 is 1.49 bits per heavy atom. The van der Waals surface area contributed by atoms with Gasteiger partial charge in [0.1, 0.15) is 18.1 Å². The number of nitrogens with zero attached hydrogens (tertiary/aromatic N) is 1. The second-order valence-electron chi connectivity index (χ2n) is 13.5. The van der Waals surface area contributed by atoms with E-state index in [1.54, 1.807) is 4.90 Å². The molecule has 11 nitrogen and oxygen atoms in total. The molecule has 3 fully saturated rings. The lowest BCUT2D eigenvalue weighted by atomic mass is 9.93. The molecule has 2 aromatic carbocycles. The van der Waals surface area contributed by atoms with E-state index in [2.05, 4.69) is 21.3 Å². The minimum Gasteiger partial charge on any atom is -0.351 e. The number of benzene rings is 2. The number of nitrogens with two attached hydrogens (primary N) is 2. The van der Waals surface area contributed by atoms with E-state index in [4.69, 9.17) is 11.5 Å². The molecule has 7 atom stereocenters. The Bertz CT molecular complexity index is 1340. The summed E-state index contributed by atoms with van der Waals surface area (Å²) in [6, 6.07) is 15.5. The highest BCUT2D eigenvalue weighted by molar-refractivity contribution is 5.96. The van der Waals surface area contributed by atoms with Gasteiger partial charge in [-0.25, -0.2) is 0 Å². The molecule has 2 heterocycles. The van der Waals surface area contributed by atoms with Gasteiger partial charge < -0.3 is 37.6 Å². The molecule has 0 spiro atoms. The Labute approximate surface area is 278 Å². The van der Waals surface area contributed by atoms with Gasteiger partial charge in [-0.1, -0.05) is 60.7 Å². The van der Waals surface area contributed by atoms with Crippen LogP contribution in [0.15, 0.2) is 60.7 Å². The van der Waals surface area contributed by atoms with Crippen LogP contribution < -0.4 is 32.7 Å². The number of carbonyl (C=O) groups is 4. The highest BCUT2D eigenvalue weighted by Crippen LogP contribution is 2.34. The third-order valence-electron chi connectivity index (χ3n) is 10.1. The lowest BCUT2D eigenvalue weighted by Gasteiger charge is -2.36. The van der Waals surface area contributed by atoms with E-state index < -0.39 is 36.0 Å². The summed E-state index contributed by atoms with van der Waals surface area (Å²) in [6.45, 7) is 4.22. The minimum atomic E-state index is -0.942. The molecular weight excluding hydrogens is 594 g/mol. The van der Waals surface area contributed by atoms with Gasteiger partial charge in [-0.2, -0.15) is 0 Å². The summed E-state index contributed by atoms with van der Waals surface area (Å²) in [4.78, 5) is 56.5. The molecule has 1 aliphatic carbocycles. The van der Waals surface area contributed by atoms with Crippen molar-refractivity contribution in [3.8, 4) is 0 Å². The Morgan fingerprint density at radius 3 is 2.11 bits per heavy atom. The first kappa shape index (κ1) is 34.5. The van der Waals surface area contributed by atoms with Crippen molar-refractivity contribution in [1.82, 2.24) is 26.2 Å². The number of amides is 4. The van der Waals surface area contributed by atoms with Crippen LogP contribution in [0.4, 0.5) is 0 Å². The van der Waals surface area contributed by atoms with Gasteiger partial charge in [0.25, 0.3) is 0 Å². The average Bonchev–Trinajstić information content (AvgIpc) is 3.44. The van der Waals surface area contributed by atoms with Crippen molar-refractivity contribution in [1.29, 1.82) is 0 Å². The summed E-state index contributed by atoms with van der Waals surface area (Å²) < 4.78 is 0. The number of piperidine rings is 1. The second-order valence-corrected chi connectivity index (χ2v) is 13.5. The fraction of sp³-hybridized carbons (Fsp3) is 0.556. The van der Waals surface area contributed by atoms with E-state index in [0.717, 1.165) is 49.9 Å². The molecule has 47 heavy (non-hydrogen) atoms. The van der Waals surface area contributed by atoms with Gasteiger partial charge >= 0.3 is 0 Å². The zero-order chi connectivity index (χ0) is 33.3. The monoisotopic (exact) mass is 645 g/mol. The van der Waals surface area contributed by atoms with Crippen LogP contribution in [-0.2, 0) is 32.0 Å². The third-order valence-corrected chi connectivity index (χ3v) is 10.1. The van der Waals surface area contributed by atoms with E-state index in [-0.39, 0.29) is 30.3 Å². The first-order valence-corrected chi connectivity index (χ1v) is 17.2. The second kappa shape index (κ2) is 16.3. The third kappa shape index (κ3) is 8.77. The molecule has 4 amide bonds. The number of nitrogens with one attached hydrogen (secondary N) is 4. The number of hydrogen-bond acceptors (Lipinski definition) is 7. The lowest BCUT2D eigenvalue weighted by Crippen LogP contribution is -2.58. The first-order valence-electron chi connectivity index (χ1n) is 17.2.